The number of carbonyl (C=O) groups is 2. The minimum absolute atomic E-state index is 0.157. The quantitative estimate of drug-likeness (QED) is 0.408. The predicted octanol–water partition coefficient (Wildman–Crippen LogP) is 3.68. The lowest BCUT2D eigenvalue weighted by atomic mass is 9.93. The first kappa shape index (κ1) is 26.9. The zero-order chi connectivity index (χ0) is 27.8. The van der Waals surface area contributed by atoms with Gasteiger partial charge in [0.15, 0.2) is 4.80 Å². The molecule has 3 heterocycles. The highest BCUT2D eigenvalue weighted by Gasteiger charge is 2.37. The summed E-state index contributed by atoms with van der Waals surface area (Å²) in [5.41, 5.74) is 2.40. The molecule has 2 aliphatic rings. The summed E-state index contributed by atoms with van der Waals surface area (Å²) < 4.78 is 19.1. The topological polar surface area (TPSA) is 108 Å². The van der Waals surface area contributed by atoms with E-state index in [0.29, 0.717) is 51.7 Å². The fraction of sp³-hybridized carbons (Fsp3) is 0.286. The molecular weight excluding hydrogens is 586 g/mol. The zero-order valence-electron chi connectivity index (χ0n) is 21.8. The van der Waals surface area contributed by atoms with E-state index in [0.717, 1.165) is 15.8 Å². The molecular formula is C28H26BrN3O6S. The lowest BCUT2D eigenvalue weighted by Crippen LogP contribution is -2.41. The number of hydrogen-bond acceptors (Lipinski definition) is 8. The average molecular weight is 613 g/mol. The first-order chi connectivity index (χ1) is 18.8. The van der Waals surface area contributed by atoms with Crippen molar-refractivity contribution >= 4 is 50.4 Å². The van der Waals surface area contributed by atoms with E-state index in [1.54, 1.807) is 37.3 Å². The van der Waals surface area contributed by atoms with Gasteiger partial charge in [0.1, 0.15) is 22.1 Å². The Morgan fingerprint density at radius 2 is 1.92 bits per heavy atom. The van der Waals surface area contributed by atoms with Gasteiger partial charge in [-0.2, -0.15) is 0 Å². The lowest BCUT2D eigenvalue weighted by molar-refractivity contribution is -0.139. The van der Waals surface area contributed by atoms with Gasteiger partial charge in [0.2, 0.25) is 0 Å². The molecule has 5 rings (SSSR count). The molecule has 0 saturated heterocycles. The number of allylic oxidation sites excluding steroid dienone is 1. The first-order valence-electron chi connectivity index (χ1n) is 12.4. The van der Waals surface area contributed by atoms with Crippen LogP contribution in [0.3, 0.4) is 0 Å². The number of aromatic nitrogens is 1. The standard InChI is InChI=1S/C28H26BrN3O6S/c1-5-7-19-22(27(35)38-6-2)23(17-13-15(36-3)9-11-20(17)37-4)32-26(34)24(39-28(32)31-19)21-16-12-14(29)8-10-18(16)30-25(21)33/h8-13,23H,5-7H2,1-4H3,(H,30,33)/b24-21+/t23-/m1/s1. The third-order valence-electron chi connectivity index (χ3n) is 6.55. The van der Waals surface area contributed by atoms with Crippen LogP contribution in [-0.2, 0) is 14.3 Å². The molecule has 0 aliphatic carbocycles. The summed E-state index contributed by atoms with van der Waals surface area (Å²) in [5.74, 6) is 0.0566. The van der Waals surface area contributed by atoms with Gasteiger partial charge in [-0.05, 0) is 49.7 Å². The zero-order valence-corrected chi connectivity index (χ0v) is 24.2. The van der Waals surface area contributed by atoms with Crippen molar-refractivity contribution in [3.8, 4) is 11.5 Å². The maximum absolute atomic E-state index is 14.2. The molecule has 0 bridgehead atoms. The molecule has 1 amide bonds. The maximum Gasteiger partial charge on any atom is 0.338 e. The number of halogens is 1. The molecule has 39 heavy (non-hydrogen) atoms. The van der Waals surface area contributed by atoms with E-state index in [1.807, 2.05) is 13.0 Å². The van der Waals surface area contributed by atoms with E-state index >= 15 is 0 Å². The van der Waals surface area contributed by atoms with E-state index < -0.39 is 17.6 Å². The van der Waals surface area contributed by atoms with Crippen molar-refractivity contribution in [2.45, 2.75) is 32.7 Å². The number of hydrogen-bond donors (Lipinski definition) is 1. The van der Waals surface area contributed by atoms with Gasteiger partial charge in [0.05, 0.1) is 37.7 Å². The molecule has 1 atom stereocenters. The van der Waals surface area contributed by atoms with Crippen LogP contribution in [0, 0.1) is 0 Å². The maximum atomic E-state index is 14.2. The van der Waals surface area contributed by atoms with E-state index in [2.05, 4.69) is 21.2 Å². The molecule has 202 valence electrons. The lowest BCUT2D eigenvalue weighted by Gasteiger charge is -2.27. The summed E-state index contributed by atoms with van der Waals surface area (Å²) in [6.07, 6.45) is 1.21. The van der Waals surface area contributed by atoms with Crippen LogP contribution in [0.4, 0.5) is 5.69 Å². The fourth-order valence-electron chi connectivity index (χ4n) is 4.88. The molecule has 2 aromatic carbocycles. The van der Waals surface area contributed by atoms with Gasteiger partial charge in [-0.15, -0.1) is 0 Å². The van der Waals surface area contributed by atoms with Crippen molar-refractivity contribution < 1.29 is 23.8 Å². The van der Waals surface area contributed by atoms with Gasteiger partial charge in [-0.3, -0.25) is 14.2 Å². The van der Waals surface area contributed by atoms with E-state index in [4.69, 9.17) is 19.2 Å². The number of thiazole rings is 1. The second-order valence-corrected chi connectivity index (χ2v) is 10.8. The summed E-state index contributed by atoms with van der Waals surface area (Å²) in [6, 6.07) is 9.71. The van der Waals surface area contributed by atoms with Gasteiger partial charge in [0, 0.05) is 21.3 Å². The molecule has 0 fully saturated rings. The molecule has 0 unspecified atom stereocenters. The number of carbonyl (C=O) groups excluding carboxylic acids is 2. The van der Waals surface area contributed by atoms with Crippen molar-refractivity contribution in [2.24, 2.45) is 4.99 Å². The van der Waals surface area contributed by atoms with E-state index in [1.165, 1.54) is 18.8 Å². The van der Waals surface area contributed by atoms with E-state index in [-0.39, 0.29) is 28.2 Å². The van der Waals surface area contributed by atoms with Gasteiger partial charge in [0.25, 0.3) is 11.5 Å². The normalized spacial score (nSPS) is 17.3. The Morgan fingerprint density at radius 1 is 1.13 bits per heavy atom. The SMILES string of the molecule is CCCC1=C(C(=O)OCC)[C@@H](c2cc(OC)ccc2OC)n2c(s/c(=C3/C(=O)Nc4ccc(Br)cc43)c2=O)=N1. The molecule has 2 aliphatic heterocycles. The number of nitrogens with one attached hydrogen (secondary N) is 1. The molecule has 9 nitrogen and oxygen atoms in total. The third-order valence-corrected chi connectivity index (χ3v) is 8.10. The Morgan fingerprint density at radius 3 is 2.62 bits per heavy atom. The highest BCUT2D eigenvalue weighted by atomic mass is 79.9. The number of nitrogens with zero attached hydrogens (tertiary/aromatic N) is 2. The van der Waals surface area contributed by atoms with Crippen molar-refractivity contribution in [2.75, 3.05) is 26.1 Å². The Kier molecular flexibility index (Phi) is 7.46. The van der Waals surface area contributed by atoms with Crippen LogP contribution in [-0.4, -0.2) is 37.3 Å². The van der Waals surface area contributed by atoms with Crippen molar-refractivity contribution in [3.63, 3.8) is 0 Å². The monoisotopic (exact) mass is 611 g/mol. The Hall–Kier alpha value is -3.70. The highest BCUT2D eigenvalue weighted by molar-refractivity contribution is 9.10. The number of ether oxygens (including phenoxy) is 3. The largest absolute Gasteiger partial charge is 0.497 e. The summed E-state index contributed by atoms with van der Waals surface area (Å²) in [7, 11) is 3.06. The van der Waals surface area contributed by atoms with Gasteiger partial charge >= 0.3 is 5.97 Å². The second-order valence-electron chi connectivity index (χ2n) is 8.86. The van der Waals surface area contributed by atoms with Gasteiger partial charge in [-0.1, -0.05) is 40.6 Å². The molecule has 0 spiro atoms. The number of methoxy groups -OCH3 is 2. The molecule has 0 saturated carbocycles. The summed E-state index contributed by atoms with van der Waals surface area (Å²) >= 11 is 4.58. The summed E-state index contributed by atoms with van der Waals surface area (Å²) in [5, 5.41) is 2.84. The van der Waals surface area contributed by atoms with Gasteiger partial charge in [-0.25, -0.2) is 9.79 Å². The minimum Gasteiger partial charge on any atom is -0.497 e. The van der Waals surface area contributed by atoms with Crippen LogP contribution in [0.5, 0.6) is 11.5 Å². The van der Waals surface area contributed by atoms with Crippen LogP contribution < -0.4 is 29.7 Å². The van der Waals surface area contributed by atoms with Crippen LogP contribution in [0.1, 0.15) is 43.9 Å². The Balaban J connectivity index is 1.89. The predicted molar refractivity (Wildman–Crippen MR) is 151 cm³/mol. The molecule has 0 radical (unpaired) electrons. The number of benzene rings is 2. The summed E-state index contributed by atoms with van der Waals surface area (Å²) in [4.78, 5) is 46.0. The highest BCUT2D eigenvalue weighted by Crippen LogP contribution is 2.39. The Labute approximate surface area is 236 Å². The van der Waals surface area contributed by atoms with E-state index in [9.17, 15) is 14.4 Å². The molecule has 3 aromatic rings. The van der Waals surface area contributed by atoms with Crippen molar-refractivity contribution in [1.82, 2.24) is 4.57 Å². The summed E-state index contributed by atoms with van der Waals surface area (Å²) in [6.45, 7) is 3.87. The smallest absolute Gasteiger partial charge is 0.338 e. The van der Waals surface area contributed by atoms with Gasteiger partial charge < -0.3 is 19.5 Å². The van der Waals surface area contributed by atoms with Crippen LogP contribution in [0.15, 0.2) is 61.9 Å². The number of rotatable bonds is 7. The van der Waals surface area contributed by atoms with Crippen LogP contribution >= 0.6 is 27.3 Å². The molecule has 11 heteroatoms. The van der Waals surface area contributed by atoms with Crippen LogP contribution in [0.2, 0.25) is 0 Å². The number of esters is 1. The Bertz CT molecular complexity index is 1720. The number of fused-ring (bicyclic) bond motifs is 2. The van der Waals surface area contributed by atoms with Crippen molar-refractivity contribution in [3.05, 3.63) is 83.0 Å². The third kappa shape index (κ3) is 4.59. The number of amides is 1. The molecule has 1 aromatic heterocycles. The average Bonchev–Trinajstić information content (AvgIpc) is 3.42. The minimum atomic E-state index is -0.910. The van der Waals surface area contributed by atoms with Crippen LogP contribution in [0.25, 0.3) is 5.57 Å². The number of anilines is 1. The molecule has 1 N–H and O–H groups in total. The second kappa shape index (κ2) is 10.8. The van der Waals surface area contributed by atoms with Crippen molar-refractivity contribution in [1.29, 1.82) is 0 Å². The fourth-order valence-corrected chi connectivity index (χ4v) is 6.36. The first-order valence-corrected chi connectivity index (χ1v) is 14.0.